The molecule has 0 unspecified atom stereocenters. The van der Waals surface area contributed by atoms with Gasteiger partial charge < -0.3 is 21.1 Å². The summed E-state index contributed by atoms with van der Waals surface area (Å²) in [6.07, 6.45) is 1.41. The number of nitrogens with two attached hydrogens (primary N) is 1. The summed E-state index contributed by atoms with van der Waals surface area (Å²) < 4.78 is 20.2. The molecular weight excluding hydrogens is 361 g/mol. The topological polar surface area (TPSA) is 94.2 Å². The maximum atomic E-state index is 13.1. The molecule has 1 amide bonds. The Bertz CT molecular complexity index is 963. The summed E-state index contributed by atoms with van der Waals surface area (Å²) in [5, 5.41) is 10.2. The second kappa shape index (κ2) is 7.79. The summed E-state index contributed by atoms with van der Waals surface area (Å²) in [7, 11) is 0. The Morgan fingerprint density at radius 3 is 2.64 bits per heavy atom. The third kappa shape index (κ3) is 3.73. The van der Waals surface area contributed by atoms with E-state index in [4.69, 9.17) is 10.5 Å². The number of halogens is 1. The van der Waals surface area contributed by atoms with Gasteiger partial charge in [0.15, 0.2) is 0 Å². The van der Waals surface area contributed by atoms with Crippen LogP contribution in [0.3, 0.4) is 0 Å². The van der Waals surface area contributed by atoms with Crippen molar-refractivity contribution in [3.8, 4) is 5.69 Å². The lowest BCUT2D eigenvalue weighted by atomic mass is 10.1. The van der Waals surface area contributed by atoms with Gasteiger partial charge in [0.2, 0.25) is 0 Å². The number of hydrogen-bond acceptors (Lipinski definition) is 5. The van der Waals surface area contributed by atoms with Crippen LogP contribution in [0.25, 0.3) is 5.69 Å². The zero-order valence-electron chi connectivity index (χ0n) is 15.1. The van der Waals surface area contributed by atoms with Crippen LogP contribution < -0.4 is 16.4 Å². The summed E-state index contributed by atoms with van der Waals surface area (Å²) in [5.41, 5.74) is 8.58. The quantitative estimate of drug-likeness (QED) is 0.646. The number of nitrogens with one attached hydrogen (secondary N) is 2. The van der Waals surface area contributed by atoms with Gasteiger partial charge in [-0.25, -0.2) is 9.07 Å². The molecular formula is C20H20FN5O2. The van der Waals surface area contributed by atoms with E-state index in [1.807, 2.05) is 24.3 Å². The minimum absolute atomic E-state index is 0.0167. The third-order valence-electron chi connectivity index (χ3n) is 4.59. The Morgan fingerprint density at radius 2 is 1.96 bits per heavy atom. The van der Waals surface area contributed by atoms with Gasteiger partial charge in [-0.05, 0) is 42.0 Å². The van der Waals surface area contributed by atoms with E-state index in [1.54, 1.807) is 12.1 Å². The molecule has 0 radical (unpaired) electrons. The van der Waals surface area contributed by atoms with E-state index >= 15 is 0 Å². The Labute approximate surface area is 161 Å². The van der Waals surface area contributed by atoms with E-state index in [2.05, 4.69) is 15.7 Å². The first-order chi connectivity index (χ1) is 13.6. The number of aromatic nitrogens is 2. The molecule has 144 valence electrons. The number of rotatable bonds is 4. The Kier molecular flexibility index (Phi) is 5.05. The van der Waals surface area contributed by atoms with Gasteiger partial charge in [0.1, 0.15) is 17.2 Å². The minimum atomic E-state index is -0.366. The highest BCUT2D eigenvalue weighted by molar-refractivity contribution is 6.07. The molecule has 1 atom stereocenters. The van der Waals surface area contributed by atoms with Crippen molar-refractivity contribution in [1.29, 1.82) is 0 Å². The van der Waals surface area contributed by atoms with Crippen molar-refractivity contribution in [3.05, 3.63) is 71.7 Å². The molecule has 8 heteroatoms. The predicted octanol–water partition coefficient (Wildman–Crippen LogP) is 2.51. The molecule has 3 aromatic rings. The van der Waals surface area contributed by atoms with Crippen LogP contribution in [0.2, 0.25) is 0 Å². The number of benzene rings is 2. The molecule has 1 aliphatic heterocycles. The first-order valence-electron chi connectivity index (χ1n) is 8.95. The monoisotopic (exact) mass is 381 g/mol. The van der Waals surface area contributed by atoms with E-state index in [1.165, 1.54) is 23.0 Å². The highest BCUT2D eigenvalue weighted by atomic mass is 19.1. The van der Waals surface area contributed by atoms with E-state index < -0.39 is 0 Å². The lowest BCUT2D eigenvalue weighted by molar-refractivity contribution is 0.0277. The minimum Gasteiger partial charge on any atom is -0.383 e. The molecule has 0 bridgehead atoms. The molecule has 0 saturated carbocycles. The fourth-order valence-electron chi connectivity index (χ4n) is 3.08. The zero-order chi connectivity index (χ0) is 19.5. The van der Waals surface area contributed by atoms with Gasteiger partial charge in [0.25, 0.3) is 5.91 Å². The fourth-order valence-corrected chi connectivity index (χ4v) is 3.08. The second-order valence-electron chi connectivity index (χ2n) is 6.47. The van der Waals surface area contributed by atoms with E-state index in [-0.39, 0.29) is 29.2 Å². The van der Waals surface area contributed by atoms with Gasteiger partial charge in [-0.15, -0.1) is 0 Å². The van der Waals surface area contributed by atoms with Crippen molar-refractivity contribution in [2.45, 2.75) is 6.10 Å². The summed E-state index contributed by atoms with van der Waals surface area (Å²) in [6, 6.07) is 13.2. The van der Waals surface area contributed by atoms with Crippen LogP contribution in [0.5, 0.6) is 0 Å². The van der Waals surface area contributed by atoms with Gasteiger partial charge in [0.05, 0.1) is 24.6 Å². The van der Waals surface area contributed by atoms with Crippen LogP contribution in [-0.4, -0.2) is 35.4 Å². The highest BCUT2D eigenvalue weighted by Gasteiger charge is 2.18. The third-order valence-corrected chi connectivity index (χ3v) is 4.59. The molecule has 4 N–H and O–H groups in total. The lowest BCUT2D eigenvalue weighted by Crippen LogP contribution is -2.33. The van der Waals surface area contributed by atoms with E-state index in [0.29, 0.717) is 18.0 Å². The van der Waals surface area contributed by atoms with E-state index in [9.17, 15) is 9.18 Å². The number of nitrogen functional groups attached to an aromatic ring is 1. The van der Waals surface area contributed by atoms with E-state index in [0.717, 1.165) is 18.7 Å². The van der Waals surface area contributed by atoms with Crippen molar-refractivity contribution >= 4 is 17.4 Å². The SMILES string of the molecule is Nc1c(C(=O)Nc2ccc([C@H]3CNCCO3)cc2)cnn1-c1ccc(F)cc1. The standard InChI is InChI=1S/C20H20FN5O2/c21-14-3-7-16(8-4-14)26-19(22)17(11-24-26)20(27)25-15-5-1-13(2-6-15)18-12-23-9-10-28-18/h1-8,11,18,23H,9-10,12,22H2,(H,25,27)/t18-/m1/s1. The first-order valence-corrected chi connectivity index (χ1v) is 8.95. The maximum absolute atomic E-state index is 13.1. The molecule has 28 heavy (non-hydrogen) atoms. The number of amides is 1. The average Bonchev–Trinajstić information content (AvgIpc) is 3.11. The molecule has 1 aromatic heterocycles. The number of carbonyl (C=O) groups excluding carboxylic acids is 1. The first kappa shape index (κ1) is 18.1. The summed E-state index contributed by atoms with van der Waals surface area (Å²) >= 11 is 0. The Hall–Kier alpha value is -3.23. The zero-order valence-corrected chi connectivity index (χ0v) is 15.1. The van der Waals surface area contributed by atoms with Gasteiger partial charge in [-0.2, -0.15) is 5.10 Å². The number of morpholine rings is 1. The molecule has 0 aliphatic carbocycles. The predicted molar refractivity (Wildman–Crippen MR) is 104 cm³/mol. The van der Waals surface area contributed by atoms with Crippen molar-refractivity contribution in [3.63, 3.8) is 0 Å². The molecule has 2 heterocycles. The normalized spacial score (nSPS) is 16.7. The number of hydrogen-bond donors (Lipinski definition) is 3. The van der Waals surface area contributed by atoms with Gasteiger partial charge >= 0.3 is 0 Å². The molecule has 1 fully saturated rings. The van der Waals surface area contributed by atoms with Crippen molar-refractivity contribution < 1.29 is 13.9 Å². The maximum Gasteiger partial charge on any atom is 0.261 e. The molecule has 0 spiro atoms. The largest absolute Gasteiger partial charge is 0.383 e. The van der Waals surface area contributed by atoms with Gasteiger partial charge in [-0.3, -0.25) is 4.79 Å². The number of nitrogens with zero attached hydrogens (tertiary/aromatic N) is 2. The molecule has 7 nitrogen and oxygen atoms in total. The number of anilines is 2. The average molecular weight is 381 g/mol. The summed E-state index contributed by atoms with van der Waals surface area (Å²) in [4.78, 5) is 12.6. The van der Waals surface area contributed by atoms with Crippen LogP contribution in [0, 0.1) is 5.82 Å². The van der Waals surface area contributed by atoms with Crippen molar-refractivity contribution in [2.24, 2.45) is 0 Å². The van der Waals surface area contributed by atoms with Gasteiger partial charge in [-0.1, -0.05) is 12.1 Å². The lowest BCUT2D eigenvalue weighted by Gasteiger charge is -2.24. The molecule has 2 aromatic carbocycles. The summed E-state index contributed by atoms with van der Waals surface area (Å²) in [6.45, 7) is 2.31. The highest BCUT2D eigenvalue weighted by Crippen LogP contribution is 2.22. The van der Waals surface area contributed by atoms with Crippen LogP contribution in [0.15, 0.2) is 54.7 Å². The van der Waals surface area contributed by atoms with Crippen LogP contribution in [0.1, 0.15) is 22.0 Å². The molecule has 4 rings (SSSR count). The van der Waals surface area contributed by atoms with Crippen molar-refractivity contribution in [1.82, 2.24) is 15.1 Å². The molecule has 1 saturated heterocycles. The Morgan fingerprint density at radius 1 is 1.21 bits per heavy atom. The Balaban J connectivity index is 1.47. The van der Waals surface area contributed by atoms with Crippen LogP contribution in [0.4, 0.5) is 15.9 Å². The number of ether oxygens (including phenoxy) is 1. The van der Waals surface area contributed by atoms with Crippen LogP contribution >= 0.6 is 0 Å². The second-order valence-corrected chi connectivity index (χ2v) is 6.47. The van der Waals surface area contributed by atoms with Gasteiger partial charge in [0, 0.05) is 18.8 Å². The fraction of sp³-hybridized carbons (Fsp3) is 0.200. The summed E-state index contributed by atoms with van der Waals surface area (Å²) in [5.74, 6) is -0.540. The smallest absolute Gasteiger partial charge is 0.261 e. The number of carbonyl (C=O) groups is 1. The van der Waals surface area contributed by atoms with Crippen molar-refractivity contribution in [2.75, 3.05) is 30.7 Å². The molecule has 1 aliphatic rings. The van der Waals surface area contributed by atoms with Crippen LogP contribution in [-0.2, 0) is 4.74 Å².